The first-order chi connectivity index (χ1) is 15.6. The number of carbonyl (C=O) groups is 2. The van der Waals surface area contributed by atoms with Gasteiger partial charge in [-0.05, 0) is 36.1 Å². The van der Waals surface area contributed by atoms with Crippen molar-refractivity contribution in [3.8, 4) is 0 Å². The third-order valence-electron chi connectivity index (χ3n) is 5.38. The average molecular weight is 449 g/mol. The lowest BCUT2D eigenvalue weighted by Crippen LogP contribution is -2.50. The average Bonchev–Trinajstić information content (AvgIpc) is 2.82. The number of likely N-dealkylation sites (N-methyl/N-ethyl adjacent to an activating group) is 1. The summed E-state index contributed by atoms with van der Waals surface area (Å²) in [6.07, 6.45) is 1.26. The predicted molar refractivity (Wildman–Crippen MR) is 129 cm³/mol. The zero-order valence-electron chi connectivity index (χ0n) is 18.3. The second kappa shape index (κ2) is 12.1. The van der Waals surface area contributed by atoms with Gasteiger partial charge < -0.3 is 10.2 Å². The van der Waals surface area contributed by atoms with Gasteiger partial charge in [0, 0.05) is 31.0 Å². The largest absolute Gasteiger partial charge is 0.355 e. The Morgan fingerprint density at radius 2 is 1.47 bits per heavy atom. The molecule has 0 saturated heterocycles. The first-order valence-electron chi connectivity index (χ1n) is 11.0. The van der Waals surface area contributed by atoms with Gasteiger partial charge in [-0.25, -0.2) is 0 Å². The third kappa shape index (κ3) is 6.69. The van der Waals surface area contributed by atoms with Gasteiger partial charge in [0.05, 0.1) is 0 Å². The highest BCUT2D eigenvalue weighted by Crippen LogP contribution is 2.20. The molecule has 3 aromatic carbocycles. The van der Waals surface area contributed by atoms with E-state index in [1.165, 1.54) is 0 Å². The van der Waals surface area contributed by atoms with Gasteiger partial charge in [0.15, 0.2) is 0 Å². The molecule has 166 valence electrons. The van der Waals surface area contributed by atoms with Crippen LogP contribution in [0, 0.1) is 0 Å². The first kappa shape index (κ1) is 23.6. The van der Waals surface area contributed by atoms with E-state index in [-0.39, 0.29) is 18.2 Å². The topological polar surface area (TPSA) is 49.4 Å². The zero-order valence-corrected chi connectivity index (χ0v) is 19.1. The number of hydrogen-bond acceptors (Lipinski definition) is 2. The Bertz CT molecular complexity index is 1010. The predicted octanol–water partition coefficient (Wildman–Crippen LogP) is 5.05. The van der Waals surface area contributed by atoms with Crippen LogP contribution in [0.3, 0.4) is 0 Å². The molecule has 3 rings (SSSR count). The van der Waals surface area contributed by atoms with Crippen molar-refractivity contribution in [3.05, 3.63) is 107 Å². The van der Waals surface area contributed by atoms with Crippen molar-refractivity contribution < 1.29 is 9.59 Å². The van der Waals surface area contributed by atoms with Crippen LogP contribution in [-0.2, 0) is 29.0 Å². The van der Waals surface area contributed by atoms with Crippen LogP contribution in [0.25, 0.3) is 0 Å². The molecule has 0 spiro atoms. The Labute approximate surface area is 195 Å². The quantitative estimate of drug-likeness (QED) is 0.472. The molecule has 32 heavy (non-hydrogen) atoms. The highest BCUT2D eigenvalue weighted by molar-refractivity contribution is 6.31. The van der Waals surface area contributed by atoms with Crippen LogP contribution in [0.2, 0.25) is 5.02 Å². The smallest absolute Gasteiger partial charge is 0.243 e. The third-order valence-corrected chi connectivity index (χ3v) is 5.75. The molecule has 0 aliphatic heterocycles. The minimum absolute atomic E-state index is 0.0686. The fraction of sp³-hybridized carbons (Fsp3) is 0.259. The Hall–Kier alpha value is -3.11. The van der Waals surface area contributed by atoms with E-state index < -0.39 is 6.04 Å². The number of hydrogen-bond donors (Lipinski definition) is 1. The van der Waals surface area contributed by atoms with Crippen LogP contribution in [0.4, 0.5) is 0 Å². The van der Waals surface area contributed by atoms with Crippen molar-refractivity contribution in [2.75, 3.05) is 6.54 Å². The van der Waals surface area contributed by atoms with Crippen LogP contribution in [-0.4, -0.2) is 29.3 Å². The number of nitrogens with one attached hydrogen (secondary N) is 1. The van der Waals surface area contributed by atoms with Crippen LogP contribution < -0.4 is 5.32 Å². The summed E-state index contributed by atoms with van der Waals surface area (Å²) in [5.74, 6) is -0.209. The lowest BCUT2D eigenvalue weighted by atomic mass is 10.0. The number of amides is 2. The molecule has 1 N–H and O–H groups in total. The number of benzene rings is 3. The van der Waals surface area contributed by atoms with E-state index in [1.807, 2.05) is 91.9 Å². The van der Waals surface area contributed by atoms with Crippen molar-refractivity contribution in [2.45, 2.75) is 38.8 Å². The molecule has 1 atom stereocenters. The minimum atomic E-state index is -0.601. The normalized spacial score (nSPS) is 11.6. The van der Waals surface area contributed by atoms with Gasteiger partial charge in [-0.3, -0.25) is 9.59 Å². The molecule has 3 aromatic rings. The molecule has 5 heteroatoms. The number of carbonyl (C=O) groups excluding carboxylic acids is 2. The molecule has 0 unspecified atom stereocenters. The molecule has 0 saturated carbocycles. The van der Waals surface area contributed by atoms with Crippen molar-refractivity contribution in [1.29, 1.82) is 0 Å². The minimum Gasteiger partial charge on any atom is -0.355 e. The molecule has 4 nitrogen and oxygen atoms in total. The van der Waals surface area contributed by atoms with E-state index in [2.05, 4.69) is 5.32 Å². The Balaban J connectivity index is 1.87. The summed E-state index contributed by atoms with van der Waals surface area (Å²) in [6, 6.07) is 26.6. The molecular formula is C27H29ClN2O2. The van der Waals surface area contributed by atoms with Crippen LogP contribution >= 0.6 is 11.6 Å². The van der Waals surface area contributed by atoms with E-state index in [0.717, 1.165) is 16.7 Å². The monoisotopic (exact) mass is 448 g/mol. The number of nitrogens with zero attached hydrogens (tertiary/aromatic N) is 1. The van der Waals surface area contributed by atoms with Gasteiger partial charge in [0.25, 0.3) is 0 Å². The standard InChI is InChI=1S/C27H29ClN2O2/c1-2-29-27(32)25(19-21-11-5-3-6-12-21)30(20-22-13-7-4-8-14-22)26(31)18-17-23-15-9-10-16-24(23)28/h3-16,25H,2,17-20H2,1H3,(H,29,32)/t25-/m0/s1. The van der Waals surface area contributed by atoms with Gasteiger partial charge in [0.2, 0.25) is 11.8 Å². The summed E-state index contributed by atoms with van der Waals surface area (Å²) in [5, 5.41) is 3.57. The molecule has 0 aliphatic rings. The summed E-state index contributed by atoms with van der Waals surface area (Å²) >= 11 is 6.29. The van der Waals surface area contributed by atoms with Gasteiger partial charge in [-0.1, -0.05) is 90.5 Å². The van der Waals surface area contributed by atoms with E-state index in [4.69, 9.17) is 11.6 Å². The number of aryl methyl sites for hydroxylation is 1. The Morgan fingerprint density at radius 1 is 0.875 bits per heavy atom. The van der Waals surface area contributed by atoms with Gasteiger partial charge in [-0.15, -0.1) is 0 Å². The van der Waals surface area contributed by atoms with E-state index in [9.17, 15) is 9.59 Å². The summed E-state index contributed by atoms with van der Waals surface area (Å²) < 4.78 is 0. The van der Waals surface area contributed by atoms with Crippen molar-refractivity contribution in [3.63, 3.8) is 0 Å². The van der Waals surface area contributed by atoms with Crippen molar-refractivity contribution in [1.82, 2.24) is 10.2 Å². The van der Waals surface area contributed by atoms with Crippen molar-refractivity contribution >= 4 is 23.4 Å². The van der Waals surface area contributed by atoms with Gasteiger partial charge in [-0.2, -0.15) is 0 Å². The van der Waals surface area contributed by atoms with Gasteiger partial charge >= 0.3 is 0 Å². The maximum atomic E-state index is 13.5. The lowest BCUT2D eigenvalue weighted by molar-refractivity contribution is -0.141. The van der Waals surface area contributed by atoms with E-state index in [0.29, 0.717) is 31.0 Å². The molecule has 0 heterocycles. The van der Waals surface area contributed by atoms with E-state index >= 15 is 0 Å². The van der Waals surface area contributed by atoms with Crippen LogP contribution in [0.5, 0.6) is 0 Å². The summed E-state index contributed by atoms with van der Waals surface area (Å²) in [5.41, 5.74) is 2.93. The maximum Gasteiger partial charge on any atom is 0.243 e. The highest BCUT2D eigenvalue weighted by atomic mass is 35.5. The SMILES string of the molecule is CCNC(=O)[C@H](Cc1ccccc1)N(Cc1ccccc1)C(=O)CCc1ccccc1Cl. The second-order valence-electron chi connectivity index (χ2n) is 7.70. The fourth-order valence-electron chi connectivity index (χ4n) is 3.71. The second-order valence-corrected chi connectivity index (χ2v) is 8.11. The van der Waals surface area contributed by atoms with Gasteiger partial charge in [0.1, 0.15) is 6.04 Å². The Kier molecular flexibility index (Phi) is 8.88. The molecule has 0 fully saturated rings. The molecule has 0 bridgehead atoms. The highest BCUT2D eigenvalue weighted by Gasteiger charge is 2.29. The Morgan fingerprint density at radius 3 is 2.09 bits per heavy atom. The summed E-state index contributed by atoms with van der Waals surface area (Å²) in [6.45, 7) is 2.77. The zero-order chi connectivity index (χ0) is 22.8. The molecule has 0 aliphatic carbocycles. The fourth-order valence-corrected chi connectivity index (χ4v) is 3.94. The lowest BCUT2D eigenvalue weighted by Gasteiger charge is -2.31. The maximum absolute atomic E-state index is 13.5. The number of rotatable bonds is 10. The molecular weight excluding hydrogens is 420 g/mol. The van der Waals surface area contributed by atoms with Crippen LogP contribution in [0.1, 0.15) is 30.0 Å². The molecule has 0 aromatic heterocycles. The van der Waals surface area contributed by atoms with Crippen LogP contribution in [0.15, 0.2) is 84.9 Å². The first-order valence-corrected chi connectivity index (χ1v) is 11.3. The van der Waals surface area contributed by atoms with E-state index in [1.54, 1.807) is 4.90 Å². The van der Waals surface area contributed by atoms with Crippen molar-refractivity contribution in [2.24, 2.45) is 0 Å². The summed E-state index contributed by atoms with van der Waals surface area (Å²) in [4.78, 5) is 28.3. The summed E-state index contributed by atoms with van der Waals surface area (Å²) in [7, 11) is 0. The number of halogens is 1. The molecule has 2 amide bonds. The molecule has 0 radical (unpaired) electrons.